The first-order chi connectivity index (χ1) is 9.16. The van der Waals surface area contributed by atoms with Crippen molar-refractivity contribution in [3.8, 4) is 0 Å². The molecule has 19 heavy (non-hydrogen) atoms. The van der Waals surface area contributed by atoms with Crippen LogP contribution in [0.4, 0.5) is 0 Å². The van der Waals surface area contributed by atoms with Crippen molar-refractivity contribution in [2.24, 2.45) is 5.92 Å². The van der Waals surface area contributed by atoms with Crippen LogP contribution < -0.4 is 5.32 Å². The molecule has 110 valence electrons. The van der Waals surface area contributed by atoms with E-state index in [1.165, 1.54) is 12.8 Å². The van der Waals surface area contributed by atoms with Crippen LogP contribution in [0.3, 0.4) is 0 Å². The maximum Gasteiger partial charge on any atom is 0.251 e. The largest absolute Gasteiger partial charge is 0.376 e. The Kier molecular flexibility index (Phi) is 5.60. The average Bonchev–Trinajstić information content (AvgIpc) is 2.46. The van der Waals surface area contributed by atoms with Crippen molar-refractivity contribution in [1.29, 1.82) is 0 Å². The number of likely N-dealkylation sites (tertiary alicyclic amines) is 1. The van der Waals surface area contributed by atoms with Crippen molar-refractivity contribution in [2.45, 2.75) is 38.8 Å². The van der Waals surface area contributed by atoms with Gasteiger partial charge in [-0.3, -0.25) is 9.69 Å². The third kappa shape index (κ3) is 4.44. The lowest BCUT2D eigenvalue weighted by atomic mass is 9.98. The summed E-state index contributed by atoms with van der Waals surface area (Å²) in [6, 6.07) is 0.390. The molecule has 0 aromatic heterocycles. The Morgan fingerprint density at radius 3 is 2.74 bits per heavy atom. The van der Waals surface area contributed by atoms with Gasteiger partial charge in [0.2, 0.25) is 0 Å². The minimum atomic E-state index is -0.428. The van der Waals surface area contributed by atoms with Crippen LogP contribution in [0.25, 0.3) is 0 Å². The zero-order valence-corrected chi connectivity index (χ0v) is 12.1. The first-order valence-corrected chi connectivity index (χ1v) is 7.38. The molecule has 0 spiro atoms. The fourth-order valence-electron chi connectivity index (χ4n) is 2.60. The molecule has 1 amide bonds. The van der Waals surface area contributed by atoms with Gasteiger partial charge in [0.1, 0.15) is 0 Å². The molecule has 2 aliphatic rings. The Morgan fingerprint density at radius 2 is 2.11 bits per heavy atom. The molecule has 0 radical (unpaired) electrons. The Balaban J connectivity index is 1.67. The highest BCUT2D eigenvalue weighted by Gasteiger charge is 2.24. The van der Waals surface area contributed by atoms with Crippen molar-refractivity contribution in [2.75, 3.05) is 39.5 Å². The van der Waals surface area contributed by atoms with Gasteiger partial charge in [-0.25, -0.2) is 0 Å². The summed E-state index contributed by atoms with van der Waals surface area (Å²) in [7, 11) is 0. The molecular formula is C14H26N2O3. The molecule has 5 heteroatoms. The lowest BCUT2D eigenvalue weighted by Crippen LogP contribution is -2.49. The van der Waals surface area contributed by atoms with Crippen LogP contribution in [-0.2, 0) is 14.3 Å². The third-order valence-electron chi connectivity index (χ3n) is 4.12. The fraction of sp³-hybridized carbons (Fsp3) is 0.929. The van der Waals surface area contributed by atoms with E-state index < -0.39 is 6.10 Å². The lowest BCUT2D eigenvalue weighted by molar-refractivity contribution is -0.147. The molecule has 0 aromatic carbocycles. The molecule has 0 bridgehead atoms. The number of hydrogen-bond donors (Lipinski definition) is 1. The first kappa shape index (κ1) is 14.8. The molecular weight excluding hydrogens is 244 g/mol. The molecule has 2 heterocycles. The molecule has 2 aliphatic heterocycles. The first-order valence-electron chi connectivity index (χ1n) is 7.38. The predicted molar refractivity (Wildman–Crippen MR) is 73.0 cm³/mol. The van der Waals surface area contributed by atoms with Gasteiger partial charge in [0.05, 0.1) is 19.8 Å². The van der Waals surface area contributed by atoms with Gasteiger partial charge < -0.3 is 14.8 Å². The highest BCUT2D eigenvalue weighted by atomic mass is 16.6. The number of amides is 1. The number of piperidine rings is 1. The maximum absolute atomic E-state index is 11.9. The molecule has 1 N–H and O–H groups in total. The topological polar surface area (TPSA) is 50.8 Å². The van der Waals surface area contributed by atoms with Gasteiger partial charge in [0, 0.05) is 12.6 Å². The molecule has 0 saturated carbocycles. The van der Waals surface area contributed by atoms with Crippen molar-refractivity contribution >= 4 is 5.91 Å². The second-order valence-electron chi connectivity index (χ2n) is 5.75. The third-order valence-corrected chi connectivity index (χ3v) is 4.12. The van der Waals surface area contributed by atoms with Gasteiger partial charge in [-0.15, -0.1) is 0 Å². The van der Waals surface area contributed by atoms with Gasteiger partial charge in [0.15, 0.2) is 6.10 Å². The summed E-state index contributed by atoms with van der Waals surface area (Å²) >= 11 is 0. The van der Waals surface area contributed by atoms with Crippen LogP contribution >= 0.6 is 0 Å². The van der Waals surface area contributed by atoms with Crippen LogP contribution in [0.2, 0.25) is 0 Å². The summed E-state index contributed by atoms with van der Waals surface area (Å²) in [4.78, 5) is 14.4. The Bertz CT molecular complexity index is 284. The van der Waals surface area contributed by atoms with Crippen LogP contribution in [0, 0.1) is 5.92 Å². The molecule has 2 unspecified atom stereocenters. The maximum atomic E-state index is 11.9. The molecule has 0 aromatic rings. The van der Waals surface area contributed by atoms with Crippen LogP contribution in [0.15, 0.2) is 0 Å². The Morgan fingerprint density at radius 1 is 1.37 bits per heavy atom. The van der Waals surface area contributed by atoms with E-state index in [-0.39, 0.29) is 5.91 Å². The van der Waals surface area contributed by atoms with Gasteiger partial charge in [0.25, 0.3) is 5.91 Å². The number of rotatable bonds is 4. The number of hydrogen-bond acceptors (Lipinski definition) is 4. The molecule has 0 aliphatic carbocycles. The molecule has 2 atom stereocenters. The molecule has 5 nitrogen and oxygen atoms in total. The zero-order valence-electron chi connectivity index (χ0n) is 12.1. The van der Waals surface area contributed by atoms with Crippen molar-refractivity contribution < 1.29 is 14.3 Å². The van der Waals surface area contributed by atoms with E-state index in [0.29, 0.717) is 32.4 Å². The number of carbonyl (C=O) groups excluding carboxylic acids is 1. The molecule has 2 saturated heterocycles. The molecule has 2 rings (SSSR count). The van der Waals surface area contributed by atoms with E-state index in [4.69, 9.17) is 9.47 Å². The van der Waals surface area contributed by atoms with E-state index in [1.807, 2.05) is 0 Å². The monoisotopic (exact) mass is 270 g/mol. The minimum Gasteiger partial charge on any atom is -0.376 e. The summed E-state index contributed by atoms with van der Waals surface area (Å²) in [5.41, 5.74) is 0. The van der Waals surface area contributed by atoms with Gasteiger partial charge in [-0.05, 0) is 38.8 Å². The Hall–Kier alpha value is -0.650. The number of ether oxygens (including phenoxy) is 2. The number of carbonyl (C=O) groups is 1. The van der Waals surface area contributed by atoms with E-state index >= 15 is 0 Å². The van der Waals surface area contributed by atoms with E-state index in [0.717, 1.165) is 19.0 Å². The SMILES string of the molecule is CC1CCN(C(C)CNC(=O)C2COCCO2)CC1. The van der Waals surface area contributed by atoms with Gasteiger partial charge >= 0.3 is 0 Å². The summed E-state index contributed by atoms with van der Waals surface area (Å²) < 4.78 is 10.6. The van der Waals surface area contributed by atoms with Crippen LogP contribution in [0.5, 0.6) is 0 Å². The number of nitrogens with one attached hydrogen (secondary N) is 1. The fourth-order valence-corrected chi connectivity index (χ4v) is 2.60. The minimum absolute atomic E-state index is 0.0445. The van der Waals surface area contributed by atoms with Gasteiger partial charge in [-0.2, -0.15) is 0 Å². The molecule has 2 fully saturated rings. The lowest BCUT2D eigenvalue weighted by Gasteiger charge is -2.35. The summed E-state index contributed by atoms with van der Waals surface area (Å²) in [6.07, 6.45) is 2.10. The van der Waals surface area contributed by atoms with E-state index in [1.54, 1.807) is 0 Å². The van der Waals surface area contributed by atoms with E-state index in [9.17, 15) is 4.79 Å². The highest BCUT2D eigenvalue weighted by Crippen LogP contribution is 2.17. The van der Waals surface area contributed by atoms with Crippen molar-refractivity contribution in [1.82, 2.24) is 10.2 Å². The summed E-state index contributed by atoms with van der Waals surface area (Å²) in [5, 5.41) is 2.98. The predicted octanol–water partition coefficient (Wildman–Crippen LogP) is 0.638. The van der Waals surface area contributed by atoms with Gasteiger partial charge in [-0.1, -0.05) is 6.92 Å². The van der Waals surface area contributed by atoms with Crippen LogP contribution in [0.1, 0.15) is 26.7 Å². The van der Waals surface area contributed by atoms with Crippen molar-refractivity contribution in [3.63, 3.8) is 0 Å². The summed E-state index contributed by atoms with van der Waals surface area (Å²) in [5.74, 6) is 0.794. The number of nitrogens with zero attached hydrogens (tertiary/aromatic N) is 1. The van der Waals surface area contributed by atoms with Crippen LogP contribution in [-0.4, -0.2) is 62.4 Å². The smallest absolute Gasteiger partial charge is 0.251 e. The second-order valence-corrected chi connectivity index (χ2v) is 5.75. The highest BCUT2D eigenvalue weighted by molar-refractivity contribution is 5.81. The average molecular weight is 270 g/mol. The Labute approximate surface area is 115 Å². The second kappa shape index (κ2) is 7.22. The van der Waals surface area contributed by atoms with E-state index in [2.05, 4.69) is 24.1 Å². The zero-order chi connectivity index (χ0) is 13.7. The standard InChI is InChI=1S/C14H26N2O3/c1-11-3-5-16(6-4-11)12(2)9-15-14(17)13-10-18-7-8-19-13/h11-13H,3-10H2,1-2H3,(H,15,17). The summed E-state index contributed by atoms with van der Waals surface area (Å²) in [6.45, 7) is 8.93. The van der Waals surface area contributed by atoms with Crippen molar-refractivity contribution in [3.05, 3.63) is 0 Å². The normalized spacial score (nSPS) is 28.0. The quantitative estimate of drug-likeness (QED) is 0.814.